The molecular weight excluding hydrogens is 398 g/mol. The molecule has 2 aromatic rings. The van der Waals surface area contributed by atoms with Crippen molar-refractivity contribution in [3.63, 3.8) is 0 Å². The molecule has 160 valence electrons. The number of benzene rings is 1. The third kappa shape index (κ3) is 4.98. The molecule has 30 heavy (non-hydrogen) atoms. The van der Waals surface area contributed by atoms with Crippen molar-refractivity contribution >= 4 is 33.4 Å². The Labute approximate surface area is 181 Å². The van der Waals surface area contributed by atoms with E-state index in [1.54, 1.807) is 4.90 Å². The van der Waals surface area contributed by atoms with Crippen molar-refractivity contribution in [3.8, 4) is 0 Å². The molecule has 1 unspecified atom stereocenters. The molecule has 1 atom stereocenters. The van der Waals surface area contributed by atoms with Crippen LogP contribution in [0.15, 0.2) is 30.3 Å². The van der Waals surface area contributed by atoms with Gasteiger partial charge in [0, 0.05) is 38.0 Å². The Morgan fingerprint density at radius 3 is 2.60 bits per heavy atom. The number of hydrogen-bond donors (Lipinski definition) is 1. The Kier molecular flexibility index (Phi) is 6.62. The first-order valence-corrected chi connectivity index (χ1v) is 11.6. The predicted octanol–water partition coefficient (Wildman–Crippen LogP) is 3.02. The quantitative estimate of drug-likeness (QED) is 0.735. The molecule has 1 N–H and O–H groups in total. The number of hydrogen-bond acceptors (Lipinski definition) is 6. The number of nitrogens with one attached hydrogen (secondary N) is 1. The van der Waals surface area contributed by atoms with Crippen LogP contribution in [0.25, 0.3) is 0 Å². The smallest absolute Gasteiger partial charge is 0.228 e. The molecule has 2 aliphatic heterocycles. The van der Waals surface area contributed by atoms with Crippen LogP contribution in [0, 0.1) is 5.92 Å². The molecule has 0 saturated carbocycles. The number of piperidine rings is 1. The molecule has 0 aliphatic carbocycles. The summed E-state index contributed by atoms with van der Waals surface area (Å²) in [6.45, 7) is 4.40. The van der Waals surface area contributed by atoms with Gasteiger partial charge in [-0.3, -0.25) is 14.5 Å². The van der Waals surface area contributed by atoms with E-state index >= 15 is 0 Å². The van der Waals surface area contributed by atoms with Crippen LogP contribution in [0.1, 0.15) is 44.6 Å². The van der Waals surface area contributed by atoms with Gasteiger partial charge in [0.15, 0.2) is 0 Å². The van der Waals surface area contributed by atoms with E-state index in [0.717, 1.165) is 56.9 Å². The number of anilines is 2. The fourth-order valence-corrected chi connectivity index (χ4v) is 5.03. The van der Waals surface area contributed by atoms with Crippen LogP contribution >= 0.6 is 11.3 Å². The largest absolute Gasteiger partial charge is 0.353 e. The number of amides is 2. The van der Waals surface area contributed by atoms with Gasteiger partial charge >= 0.3 is 0 Å². The number of aryl methyl sites for hydroxylation is 1. The molecule has 0 bridgehead atoms. The van der Waals surface area contributed by atoms with Crippen LogP contribution in [0.4, 0.5) is 10.3 Å². The minimum atomic E-state index is 0.0491. The first-order valence-electron chi connectivity index (χ1n) is 10.8. The van der Waals surface area contributed by atoms with Crippen molar-refractivity contribution < 1.29 is 9.59 Å². The topological polar surface area (TPSA) is 78.4 Å². The third-order valence-corrected chi connectivity index (χ3v) is 6.95. The van der Waals surface area contributed by atoms with E-state index in [4.69, 9.17) is 0 Å². The van der Waals surface area contributed by atoms with E-state index in [-0.39, 0.29) is 23.8 Å². The molecule has 2 fully saturated rings. The van der Waals surface area contributed by atoms with E-state index in [1.165, 1.54) is 16.9 Å². The standard InChI is InChI=1S/C22H29N5O2S/c1-16(9-10-17-6-3-2-4-7-17)23-20(29)18-11-14-26(15-12-18)21-24-25-22(30-21)27-13-5-8-19(27)28/h2-4,6-7,16,18H,5,8-15H2,1H3,(H,23,29). The zero-order valence-corrected chi connectivity index (χ0v) is 18.2. The van der Waals surface area contributed by atoms with Gasteiger partial charge in [-0.15, -0.1) is 10.2 Å². The van der Waals surface area contributed by atoms with E-state index in [0.29, 0.717) is 11.6 Å². The van der Waals surface area contributed by atoms with Crippen molar-refractivity contribution in [1.29, 1.82) is 0 Å². The van der Waals surface area contributed by atoms with Gasteiger partial charge in [0.25, 0.3) is 0 Å². The molecule has 1 aromatic carbocycles. The van der Waals surface area contributed by atoms with Crippen molar-refractivity contribution in [1.82, 2.24) is 15.5 Å². The normalized spacial score (nSPS) is 18.6. The van der Waals surface area contributed by atoms with E-state index in [2.05, 4.69) is 51.6 Å². The molecule has 7 nitrogen and oxygen atoms in total. The Morgan fingerprint density at radius 1 is 1.17 bits per heavy atom. The third-order valence-electron chi connectivity index (χ3n) is 5.94. The summed E-state index contributed by atoms with van der Waals surface area (Å²) < 4.78 is 0. The molecule has 2 amide bonds. The lowest BCUT2D eigenvalue weighted by Gasteiger charge is -2.31. The van der Waals surface area contributed by atoms with Gasteiger partial charge < -0.3 is 10.2 Å². The predicted molar refractivity (Wildman–Crippen MR) is 119 cm³/mol. The highest BCUT2D eigenvalue weighted by Crippen LogP contribution is 2.32. The fraction of sp³-hybridized carbons (Fsp3) is 0.545. The van der Waals surface area contributed by atoms with Gasteiger partial charge in [-0.2, -0.15) is 0 Å². The molecule has 0 spiro atoms. The summed E-state index contributed by atoms with van der Waals surface area (Å²) in [4.78, 5) is 28.5. The van der Waals surface area contributed by atoms with E-state index in [9.17, 15) is 9.59 Å². The van der Waals surface area contributed by atoms with Gasteiger partial charge in [-0.25, -0.2) is 0 Å². The molecule has 2 saturated heterocycles. The zero-order chi connectivity index (χ0) is 20.9. The number of aromatic nitrogens is 2. The Bertz CT molecular complexity index is 863. The van der Waals surface area contributed by atoms with Gasteiger partial charge in [0.1, 0.15) is 0 Å². The number of carbonyl (C=O) groups excluding carboxylic acids is 2. The second-order valence-corrected chi connectivity index (χ2v) is 9.15. The van der Waals surface area contributed by atoms with Crippen molar-refractivity contribution in [2.24, 2.45) is 5.92 Å². The number of carbonyl (C=O) groups is 2. The van der Waals surface area contributed by atoms with Crippen molar-refractivity contribution in [3.05, 3.63) is 35.9 Å². The average molecular weight is 428 g/mol. The minimum absolute atomic E-state index is 0.0491. The van der Waals surface area contributed by atoms with Crippen LogP contribution in [0.5, 0.6) is 0 Å². The number of nitrogens with zero attached hydrogens (tertiary/aromatic N) is 4. The van der Waals surface area contributed by atoms with E-state index in [1.807, 2.05) is 6.07 Å². The molecular formula is C22H29N5O2S. The summed E-state index contributed by atoms with van der Waals surface area (Å²) in [6, 6.07) is 10.5. The summed E-state index contributed by atoms with van der Waals surface area (Å²) in [7, 11) is 0. The molecule has 4 rings (SSSR count). The lowest BCUT2D eigenvalue weighted by molar-refractivity contribution is -0.126. The van der Waals surface area contributed by atoms with E-state index < -0.39 is 0 Å². The first-order chi connectivity index (χ1) is 14.6. The minimum Gasteiger partial charge on any atom is -0.353 e. The van der Waals surface area contributed by atoms with Gasteiger partial charge in [-0.05, 0) is 44.6 Å². The highest BCUT2D eigenvalue weighted by atomic mass is 32.1. The second kappa shape index (κ2) is 9.55. The summed E-state index contributed by atoms with van der Waals surface area (Å²) in [6.07, 6.45) is 5.03. The molecule has 1 aromatic heterocycles. The summed E-state index contributed by atoms with van der Waals surface area (Å²) in [5.41, 5.74) is 1.30. The van der Waals surface area contributed by atoms with Gasteiger partial charge in [0.05, 0.1) is 0 Å². The SMILES string of the molecule is CC(CCc1ccccc1)NC(=O)C1CCN(c2nnc(N3CCCC3=O)s2)CC1. The lowest BCUT2D eigenvalue weighted by atomic mass is 9.95. The van der Waals surface area contributed by atoms with Crippen molar-refractivity contribution in [2.75, 3.05) is 29.4 Å². The summed E-state index contributed by atoms with van der Waals surface area (Å²) in [5, 5.41) is 13.2. The van der Waals surface area contributed by atoms with Gasteiger partial charge in [0.2, 0.25) is 22.1 Å². The van der Waals surface area contributed by atoms with Crippen LogP contribution in [-0.4, -0.2) is 47.7 Å². The second-order valence-electron chi connectivity index (χ2n) is 8.21. The van der Waals surface area contributed by atoms with Crippen LogP contribution < -0.4 is 15.1 Å². The van der Waals surface area contributed by atoms with Crippen LogP contribution in [0.2, 0.25) is 0 Å². The van der Waals surface area contributed by atoms with Crippen LogP contribution in [-0.2, 0) is 16.0 Å². The maximum Gasteiger partial charge on any atom is 0.228 e. The highest BCUT2D eigenvalue weighted by molar-refractivity contribution is 7.19. The highest BCUT2D eigenvalue weighted by Gasteiger charge is 2.29. The lowest BCUT2D eigenvalue weighted by Crippen LogP contribution is -2.43. The van der Waals surface area contributed by atoms with Gasteiger partial charge in [-0.1, -0.05) is 41.7 Å². The Morgan fingerprint density at radius 2 is 1.90 bits per heavy atom. The fourth-order valence-electron chi connectivity index (χ4n) is 4.09. The Balaban J connectivity index is 1.22. The molecule has 8 heteroatoms. The molecule has 0 radical (unpaired) electrons. The summed E-state index contributed by atoms with van der Waals surface area (Å²) >= 11 is 1.47. The average Bonchev–Trinajstić information content (AvgIpc) is 3.42. The molecule has 2 aliphatic rings. The summed E-state index contributed by atoms with van der Waals surface area (Å²) in [5.74, 6) is 0.346. The van der Waals surface area contributed by atoms with Crippen molar-refractivity contribution in [2.45, 2.75) is 51.5 Å². The zero-order valence-electron chi connectivity index (χ0n) is 17.4. The maximum absolute atomic E-state index is 12.7. The van der Waals surface area contributed by atoms with Crippen LogP contribution in [0.3, 0.4) is 0 Å². The first kappa shape index (κ1) is 20.8. The Hall–Kier alpha value is -2.48. The molecule has 3 heterocycles. The monoisotopic (exact) mass is 427 g/mol. The maximum atomic E-state index is 12.7. The number of rotatable bonds is 7.